The first-order chi connectivity index (χ1) is 13.2. The Kier molecular flexibility index (Phi) is 4.11. The fourth-order valence-electron chi connectivity index (χ4n) is 3.05. The van der Waals surface area contributed by atoms with Crippen molar-refractivity contribution in [2.45, 2.75) is 0 Å². The minimum Gasteiger partial charge on any atom is -0.383 e. The average molecular weight is 352 g/mol. The van der Waals surface area contributed by atoms with Crippen LogP contribution < -0.4 is 5.73 Å². The molecule has 4 aromatic rings. The van der Waals surface area contributed by atoms with E-state index in [1.807, 2.05) is 61.8 Å². The molecular weight excluding hydrogens is 336 g/mol. The Balaban J connectivity index is 1.98. The number of benzene rings is 1. The second-order valence-electron chi connectivity index (χ2n) is 6.10. The standard InChI is InChI=1S/C21H16N6/c1-27-13-18(20(26-27)14-6-3-2-4-7-14)16-10-19(15-8-5-9-24-12-15)25-21(23)17(16)11-22/h2-10,12-13H,1H3,(H2,23,25). The van der Waals surface area contributed by atoms with Crippen LogP contribution in [0.25, 0.3) is 33.6 Å². The fraction of sp³-hybridized carbons (Fsp3) is 0.0476. The number of aromatic nitrogens is 4. The molecule has 0 radical (unpaired) electrons. The molecule has 0 amide bonds. The molecule has 3 aromatic heterocycles. The van der Waals surface area contributed by atoms with E-state index in [-0.39, 0.29) is 5.82 Å². The predicted octanol–water partition coefficient (Wildman–Crippen LogP) is 3.66. The Labute approximate surface area is 156 Å². The zero-order valence-corrected chi connectivity index (χ0v) is 14.7. The lowest BCUT2D eigenvalue weighted by Crippen LogP contribution is -2.00. The number of hydrogen-bond donors (Lipinski definition) is 1. The van der Waals surface area contributed by atoms with Crippen LogP contribution in [-0.2, 0) is 7.05 Å². The molecule has 6 heteroatoms. The molecule has 0 spiro atoms. The van der Waals surface area contributed by atoms with Crippen molar-refractivity contribution in [3.05, 3.63) is 72.7 Å². The first-order valence-electron chi connectivity index (χ1n) is 8.38. The molecule has 130 valence electrons. The monoisotopic (exact) mass is 352 g/mol. The molecule has 0 saturated heterocycles. The minimum atomic E-state index is 0.191. The zero-order chi connectivity index (χ0) is 18.8. The van der Waals surface area contributed by atoms with Gasteiger partial charge in [0.2, 0.25) is 0 Å². The third kappa shape index (κ3) is 3.02. The molecule has 27 heavy (non-hydrogen) atoms. The highest BCUT2D eigenvalue weighted by molar-refractivity contribution is 5.87. The molecule has 4 rings (SSSR count). The Morgan fingerprint density at radius 1 is 1.04 bits per heavy atom. The maximum atomic E-state index is 9.68. The van der Waals surface area contributed by atoms with Crippen molar-refractivity contribution in [3.8, 4) is 39.7 Å². The van der Waals surface area contributed by atoms with Crippen LogP contribution in [0.4, 0.5) is 5.82 Å². The van der Waals surface area contributed by atoms with Gasteiger partial charge in [-0.2, -0.15) is 10.4 Å². The molecule has 1 aromatic carbocycles. The van der Waals surface area contributed by atoms with Crippen LogP contribution in [0.2, 0.25) is 0 Å². The average Bonchev–Trinajstić information content (AvgIpc) is 3.10. The van der Waals surface area contributed by atoms with Gasteiger partial charge in [-0.15, -0.1) is 0 Å². The highest BCUT2D eigenvalue weighted by atomic mass is 15.3. The summed E-state index contributed by atoms with van der Waals surface area (Å²) in [5.41, 5.74) is 11.3. The van der Waals surface area contributed by atoms with Gasteiger partial charge in [0.25, 0.3) is 0 Å². The van der Waals surface area contributed by atoms with Crippen molar-refractivity contribution < 1.29 is 0 Å². The molecule has 6 nitrogen and oxygen atoms in total. The van der Waals surface area contributed by atoms with Crippen LogP contribution in [0.5, 0.6) is 0 Å². The van der Waals surface area contributed by atoms with E-state index in [4.69, 9.17) is 5.73 Å². The fourth-order valence-corrected chi connectivity index (χ4v) is 3.05. The number of pyridine rings is 2. The first kappa shape index (κ1) is 16.5. The van der Waals surface area contributed by atoms with Crippen LogP contribution in [0.1, 0.15) is 5.56 Å². The van der Waals surface area contributed by atoms with Gasteiger partial charge >= 0.3 is 0 Å². The van der Waals surface area contributed by atoms with Crippen molar-refractivity contribution in [2.75, 3.05) is 5.73 Å². The second kappa shape index (κ2) is 6.73. The largest absolute Gasteiger partial charge is 0.383 e. The lowest BCUT2D eigenvalue weighted by molar-refractivity contribution is 0.771. The van der Waals surface area contributed by atoms with Gasteiger partial charge in [0, 0.05) is 47.9 Å². The number of nitriles is 1. The molecule has 0 aliphatic carbocycles. The van der Waals surface area contributed by atoms with Gasteiger partial charge in [-0.05, 0) is 18.2 Å². The summed E-state index contributed by atoms with van der Waals surface area (Å²) >= 11 is 0. The van der Waals surface area contributed by atoms with Crippen LogP contribution in [0.3, 0.4) is 0 Å². The van der Waals surface area contributed by atoms with E-state index in [1.54, 1.807) is 17.1 Å². The summed E-state index contributed by atoms with van der Waals surface area (Å²) in [4.78, 5) is 8.54. The van der Waals surface area contributed by atoms with E-state index in [9.17, 15) is 5.26 Å². The van der Waals surface area contributed by atoms with Crippen molar-refractivity contribution in [1.29, 1.82) is 5.26 Å². The van der Waals surface area contributed by atoms with Gasteiger partial charge in [-0.3, -0.25) is 9.67 Å². The number of nitrogens with zero attached hydrogens (tertiary/aromatic N) is 5. The Bertz CT molecular complexity index is 1140. The summed E-state index contributed by atoms with van der Waals surface area (Å²) in [6.07, 6.45) is 5.32. The Morgan fingerprint density at radius 2 is 1.81 bits per heavy atom. The van der Waals surface area contributed by atoms with E-state index in [0.29, 0.717) is 16.8 Å². The van der Waals surface area contributed by atoms with Gasteiger partial charge < -0.3 is 5.73 Å². The number of aryl methyl sites for hydroxylation is 1. The van der Waals surface area contributed by atoms with Gasteiger partial charge in [-0.25, -0.2) is 4.98 Å². The highest BCUT2D eigenvalue weighted by Gasteiger charge is 2.19. The van der Waals surface area contributed by atoms with Crippen molar-refractivity contribution >= 4 is 5.82 Å². The van der Waals surface area contributed by atoms with Crippen LogP contribution >= 0.6 is 0 Å². The Hall–Kier alpha value is -3.98. The molecule has 0 unspecified atom stereocenters. The van der Waals surface area contributed by atoms with E-state index >= 15 is 0 Å². The number of anilines is 1. The molecule has 0 bridgehead atoms. The molecule has 0 fully saturated rings. The van der Waals surface area contributed by atoms with Crippen LogP contribution in [0, 0.1) is 11.3 Å². The zero-order valence-electron chi connectivity index (χ0n) is 14.7. The minimum absolute atomic E-state index is 0.191. The van der Waals surface area contributed by atoms with Crippen LogP contribution in [-0.4, -0.2) is 19.7 Å². The third-order valence-corrected chi connectivity index (χ3v) is 4.28. The van der Waals surface area contributed by atoms with Crippen LogP contribution in [0.15, 0.2) is 67.1 Å². The summed E-state index contributed by atoms with van der Waals surface area (Å²) < 4.78 is 1.74. The Morgan fingerprint density at radius 3 is 2.52 bits per heavy atom. The van der Waals surface area contributed by atoms with Gasteiger partial charge in [-0.1, -0.05) is 30.3 Å². The highest BCUT2D eigenvalue weighted by Crippen LogP contribution is 2.36. The molecule has 0 atom stereocenters. The smallest absolute Gasteiger partial charge is 0.142 e. The topological polar surface area (TPSA) is 93.4 Å². The number of rotatable bonds is 3. The summed E-state index contributed by atoms with van der Waals surface area (Å²) in [6, 6.07) is 17.7. The number of nitrogen functional groups attached to an aromatic ring is 1. The van der Waals surface area contributed by atoms with Crippen molar-refractivity contribution in [3.63, 3.8) is 0 Å². The molecular formula is C21H16N6. The summed E-state index contributed by atoms with van der Waals surface area (Å²) in [6.45, 7) is 0. The van der Waals surface area contributed by atoms with Gasteiger partial charge in [0.15, 0.2) is 0 Å². The van der Waals surface area contributed by atoms with Crippen molar-refractivity contribution in [2.24, 2.45) is 7.05 Å². The summed E-state index contributed by atoms with van der Waals surface area (Å²) in [5, 5.41) is 14.3. The first-order valence-corrected chi connectivity index (χ1v) is 8.38. The van der Waals surface area contributed by atoms with Gasteiger partial charge in [0.05, 0.1) is 5.69 Å². The number of hydrogen-bond acceptors (Lipinski definition) is 5. The van der Waals surface area contributed by atoms with E-state index in [0.717, 1.165) is 22.4 Å². The third-order valence-electron chi connectivity index (χ3n) is 4.28. The van der Waals surface area contributed by atoms with E-state index in [2.05, 4.69) is 21.1 Å². The lowest BCUT2D eigenvalue weighted by atomic mass is 9.97. The molecule has 0 aliphatic rings. The van der Waals surface area contributed by atoms with E-state index < -0.39 is 0 Å². The molecule has 0 saturated carbocycles. The van der Waals surface area contributed by atoms with Gasteiger partial charge in [0.1, 0.15) is 23.1 Å². The second-order valence-corrected chi connectivity index (χ2v) is 6.10. The quantitative estimate of drug-likeness (QED) is 0.607. The molecule has 0 aliphatic heterocycles. The normalized spacial score (nSPS) is 10.5. The summed E-state index contributed by atoms with van der Waals surface area (Å²) in [7, 11) is 1.86. The molecule has 2 N–H and O–H groups in total. The predicted molar refractivity (Wildman–Crippen MR) is 104 cm³/mol. The lowest BCUT2D eigenvalue weighted by Gasteiger charge is -2.10. The maximum absolute atomic E-state index is 9.68. The molecule has 3 heterocycles. The van der Waals surface area contributed by atoms with E-state index in [1.165, 1.54) is 0 Å². The van der Waals surface area contributed by atoms with Crippen molar-refractivity contribution in [1.82, 2.24) is 19.7 Å². The maximum Gasteiger partial charge on any atom is 0.142 e. The SMILES string of the molecule is Cn1cc(-c2cc(-c3cccnc3)nc(N)c2C#N)c(-c2ccccc2)n1. The summed E-state index contributed by atoms with van der Waals surface area (Å²) in [5.74, 6) is 0.191. The number of nitrogens with two attached hydrogens (primary N) is 1.